The Morgan fingerprint density at radius 1 is 1.47 bits per heavy atom. The van der Waals surface area contributed by atoms with Crippen LogP contribution in [0.4, 0.5) is 0 Å². The maximum atomic E-state index is 5.97. The third-order valence-electron chi connectivity index (χ3n) is 3.64. The van der Waals surface area contributed by atoms with Crippen LogP contribution in [0.2, 0.25) is 0 Å². The Balaban J connectivity index is 1.84. The highest BCUT2D eigenvalue weighted by Gasteiger charge is 2.14. The highest BCUT2D eigenvalue weighted by atomic mass is 16.5. The first-order valence-electron chi connectivity index (χ1n) is 6.76. The van der Waals surface area contributed by atoms with Gasteiger partial charge in [-0.15, -0.1) is 0 Å². The van der Waals surface area contributed by atoms with Crippen molar-refractivity contribution in [2.75, 3.05) is 13.2 Å². The lowest BCUT2D eigenvalue weighted by atomic mass is 10.0. The van der Waals surface area contributed by atoms with Gasteiger partial charge in [0.25, 0.3) is 0 Å². The lowest BCUT2D eigenvalue weighted by molar-refractivity contribution is 0.0613. The summed E-state index contributed by atoms with van der Waals surface area (Å²) in [7, 11) is 0. The van der Waals surface area contributed by atoms with Crippen LogP contribution in [-0.4, -0.2) is 23.8 Å². The van der Waals surface area contributed by atoms with E-state index in [9.17, 15) is 0 Å². The second-order valence-corrected chi connectivity index (χ2v) is 5.14. The first-order valence-corrected chi connectivity index (χ1v) is 6.76. The average molecular weight is 236 g/mol. The summed E-state index contributed by atoms with van der Waals surface area (Å²) in [5.41, 5.74) is 7.34. The summed E-state index contributed by atoms with van der Waals surface area (Å²) in [6, 6.07) is 2.50. The molecule has 1 aliphatic heterocycles. The Morgan fingerprint density at radius 3 is 2.94 bits per heavy atom. The van der Waals surface area contributed by atoms with Gasteiger partial charge in [-0.05, 0) is 43.2 Å². The Labute approximate surface area is 104 Å². The van der Waals surface area contributed by atoms with Crippen molar-refractivity contribution >= 4 is 0 Å². The van der Waals surface area contributed by atoms with Crippen LogP contribution in [0.1, 0.15) is 31.7 Å². The molecular formula is C14H24N2O. The molecule has 0 aromatic carbocycles. The summed E-state index contributed by atoms with van der Waals surface area (Å²) in [6.45, 7) is 5.13. The lowest BCUT2D eigenvalue weighted by Gasteiger charge is -2.22. The summed E-state index contributed by atoms with van der Waals surface area (Å²) in [4.78, 5) is 0. The van der Waals surface area contributed by atoms with E-state index in [0.717, 1.165) is 38.5 Å². The first-order chi connectivity index (χ1) is 8.28. The number of hydrogen-bond donors (Lipinski definition) is 1. The van der Waals surface area contributed by atoms with Crippen LogP contribution in [-0.2, 0) is 17.7 Å². The molecular weight excluding hydrogens is 212 g/mol. The summed E-state index contributed by atoms with van der Waals surface area (Å²) in [5.74, 6) is 0.781. The molecule has 0 amide bonds. The zero-order valence-electron chi connectivity index (χ0n) is 10.8. The molecule has 0 aliphatic carbocycles. The molecule has 96 valence electrons. The van der Waals surface area contributed by atoms with Crippen LogP contribution >= 0.6 is 0 Å². The quantitative estimate of drug-likeness (QED) is 0.851. The minimum absolute atomic E-state index is 0.300. The van der Waals surface area contributed by atoms with Gasteiger partial charge in [0.15, 0.2) is 0 Å². The minimum atomic E-state index is 0.300. The van der Waals surface area contributed by atoms with E-state index in [1.165, 1.54) is 18.4 Å². The zero-order valence-corrected chi connectivity index (χ0v) is 10.8. The number of hydrogen-bond acceptors (Lipinski definition) is 2. The second kappa shape index (κ2) is 6.22. The van der Waals surface area contributed by atoms with E-state index in [1.807, 2.05) is 0 Å². The molecule has 1 atom stereocenters. The summed E-state index contributed by atoms with van der Waals surface area (Å²) in [6.07, 6.45) is 8.88. The molecule has 3 heteroatoms. The van der Waals surface area contributed by atoms with Crippen molar-refractivity contribution in [1.82, 2.24) is 4.57 Å². The van der Waals surface area contributed by atoms with Crippen molar-refractivity contribution in [2.45, 2.75) is 45.2 Å². The van der Waals surface area contributed by atoms with E-state index in [2.05, 4.69) is 30.0 Å². The molecule has 17 heavy (non-hydrogen) atoms. The monoisotopic (exact) mass is 236 g/mol. The Hall–Kier alpha value is -0.800. The second-order valence-electron chi connectivity index (χ2n) is 5.14. The molecule has 2 rings (SSSR count). The zero-order chi connectivity index (χ0) is 12.1. The third-order valence-corrected chi connectivity index (χ3v) is 3.64. The van der Waals surface area contributed by atoms with E-state index >= 15 is 0 Å². The first kappa shape index (κ1) is 12.7. The SMILES string of the molecule is CCC(N)Cc1ccn(CC2CCOCC2)c1. The molecule has 1 aromatic heterocycles. The van der Waals surface area contributed by atoms with Crippen LogP contribution < -0.4 is 5.73 Å². The molecule has 0 bridgehead atoms. The Morgan fingerprint density at radius 2 is 2.24 bits per heavy atom. The van der Waals surface area contributed by atoms with Crippen LogP contribution in [0, 0.1) is 5.92 Å². The van der Waals surface area contributed by atoms with E-state index in [4.69, 9.17) is 10.5 Å². The van der Waals surface area contributed by atoms with Crippen LogP contribution in [0.3, 0.4) is 0 Å². The number of rotatable bonds is 5. The van der Waals surface area contributed by atoms with Crippen molar-refractivity contribution in [2.24, 2.45) is 11.7 Å². The predicted octanol–water partition coefficient (Wildman–Crippen LogP) is 2.19. The molecule has 2 heterocycles. The Kier molecular flexibility index (Phi) is 4.63. The van der Waals surface area contributed by atoms with E-state index < -0.39 is 0 Å². The minimum Gasteiger partial charge on any atom is -0.381 e. The largest absolute Gasteiger partial charge is 0.381 e. The van der Waals surface area contributed by atoms with Crippen molar-refractivity contribution in [3.8, 4) is 0 Å². The summed E-state index contributed by atoms with van der Waals surface area (Å²) in [5, 5.41) is 0. The molecule has 2 N–H and O–H groups in total. The number of nitrogens with two attached hydrogens (primary N) is 1. The molecule has 1 saturated heterocycles. The molecule has 1 aliphatic rings. The predicted molar refractivity (Wildman–Crippen MR) is 69.9 cm³/mol. The van der Waals surface area contributed by atoms with Gasteiger partial charge in [0.1, 0.15) is 0 Å². The van der Waals surface area contributed by atoms with Gasteiger partial charge in [-0.25, -0.2) is 0 Å². The highest BCUT2D eigenvalue weighted by molar-refractivity contribution is 5.11. The molecule has 1 aromatic rings. The van der Waals surface area contributed by atoms with Gasteiger partial charge in [-0.3, -0.25) is 0 Å². The van der Waals surface area contributed by atoms with Gasteiger partial charge < -0.3 is 15.0 Å². The molecule has 0 radical (unpaired) electrons. The number of nitrogens with zero attached hydrogens (tertiary/aromatic N) is 1. The average Bonchev–Trinajstić information content (AvgIpc) is 2.77. The standard InChI is InChI=1S/C14H24N2O/c1-2-14(15)9-13-3-6-16(11-13)10-12-4-7-17-8-5-12/h3,6,11-12,14H,2,4-5,7-10,15H2,1H3. The van der Waals surface area contributed by atoms with Crippen molar-refractivity contribution in [3.05, 3.63) is 24.0 Å². The third kappa shape index (κ3) is 3.86. The Bertz CT molecular complexity index is 329. The van der Waals surface area contributed by atoms with Gasteiger partial charge >= 0.3 is 0 Å². The van der Waals surface area contributed by atoms with Crippen LogP contribution in [0.25, 0.3) is 0 Å². The molecule has 1 unspecified atom stereocenters. The topological polar surface area (TPSA) is 40.2 Å². The maximum Gasteiger partial charge on any atom is 0.0469 e. The fraction of sp³-hybridized carbons (Fsp3) is 0.714. The smallest absolute Gasteiger partial charge is 0.0469 e. The molecule has 0 saturated carbocycles. The van der Waals surface area contributed by atoms with Crippen molar-refractivity contribution in [1.29, 1.82) is 0 Å². The molecule has 3 nitrogen and oxygen atoms in total. The normalized spacial score (nSPS) is 19.4. The summed E-state index contributed by atoms with van der Waals surface area (Å²) >= 11 is 0. The number of ether oxygens (including phenoxy) is 1. The van der Waals surface area contributed by atoms with Gasteiger partial charge in [-0.1, -0.05) is 6.92 Å². The molecule has 0 spiro atoms. The fourth-order valence-electron chi connectivity index (χ4n) is 2.40. The van der Waals surface area contributed by atoms with Crippen LogP contribution in [0.5, 0.6) is 0 Å². The molecule has 1 fully saturated rings. The maximum absolute atomic E-state index is 5.97. The van der Waals surface area contributed by atoms with Gasteiger partial charge in [0, 0.05) is 38.2 Å². The van der Waals surface area contributed by atoms with Gasteiger partial charge in [0.05, 0.1) is 0 Å². The summed E-state index contributed by atoms with van der Waals surface area (Å²) < 4.78 is 7.70. The van der Waals surface area contributed by atoms with Crippen molar-refractivity contribution in [3.63, 3.8) is 0 Å². The van der Waals surface area contributed by atoms with E-state index in [1.54, 1.807) is 0 Å². The van der Waals surface area contributed by atoms with E-state index in [-0.39, 0.29) is 0 Å². The van der Waals surface area contributed by atoms with Crippen LogP contribution in [0.15, 0.2) is 18.5 Å². The van der Waals surface area contributed by atoms with Gasteiger partial charge in [-0.2, -0.15) is 0 Å². The van der Waals surface area contributed by atoms with E-state index in [0.29, 0.717) is 6.04 Å². The van der Waals surface area contributed by atoms with Gasteiger partial charge in [0.2, 0.25) is 0 Å². The lowest BCUT2D eigenvalue weighted by Crippen LogP contribution is -2.21. The fourth-order valence-corrected chi connectivity index (χ4v) is 2.40. The van der Waals surface area contributed by atoms with Crippen molar-refractivity contribution < 1.29 is 4.74 Å². The number of aromatic nitrogens is 1. The highest BCUT2D eigenvalue weighted by Crippen LogP contribution is 2.17.